The fourth-order valence-electron chi connectivity index (χ4n) is 3.39. The Morgan fingerprint density at radius 3 is 2.76 bits per heavy atom. The van der Waals surface area contributed by atoms with E-state index in [-0.39, 0.29) is 5.91 Å². The largest absolute Gasteiger partial charge is 0.333 e. The number of fused-ring (bicyclic) bond motifs is 2. The zero-order valence-electron chi connectivity index (χ0n) is 14.4. The van der Waals surface area contributed by atoms with E-state index in [1.54, 1.807) is 11.3 Å². The molecular weight excluding hydrogens is 330 g/mol. The molecule has 0 radical (unpaired) electrons. The lowest BCUT2D eigenvalue weighted by molar-refractivity contribution is -0.885. The van der Waals surface area contributed by atoms with E-state index in [4.69, 9.17) is 0 Å². The van der Waals surface area contributed by atoms with Gasteiger partial charge in [0.15, 0.2) is 6.54 Å². The van der Waals surface area contributed by atoms with E-state index in [9.17, 15) is 4.79 Å². The molecule has 2 heterocycles. The molecule has 1 atom stereocenters. The van der Waals surface area contributed by atoms with Gasteiger partial charge in [0.25, 0.3) is 5.91 Å². The molecule has 25 heavy (non-hydrogen) atoms. The number of thiazole rings is 1. The molecule has 0 bridgehead atoms. The molecule has 1 aliphatic heterocycles. The standard InChI is InChI=1S/C20H21N3OS/c1-22(13-19-21-17-8-4-5-9-18(17)25-19)14-20(24)23-11-10-15-6-2-3-7-16(15)12-23/h2-9H,10-14H2,1H3/p+1. The summed E-state index contributed by atoms with van der Waals surface area (Å²) < 4.78 is 1.21. The first kappa shape index (κ1) is 16.2. The van der Waals surface area contributed by atoms with Crippen LogP contribution in [0, 0.1) is 0 Å². The summed E-state index contributed by atoms with van der Waals surface area (Å²) in [5.41, 5.74) is 3.71. The van der Waals surface area contributed by atoms with Gasteiger partial charge in [-0.2, -0.15) is 0 Å². The first-order chi connectivity index (χ1) is 12.2. The van der Waals surface area contributed by atoms with Crippen LogP contribution in [-0.4, -0.2) is 35.9 Å². The molecule has 2 aromatic carbocycles. The van der Waals surface area contributed by atoms with Gasteiger partial charge in [-0.3, -0.25) is 4.79 Å². The Kier molecular flexibility index (Phi) is 4.51. The van der Waals surface area contributed by atoms with Gasteiger partial charge >= 0.3 is 0 Å². The second-order valence-electron chi connectivity index (χ2n) is 6.72. The molecule has 0 spiro atoms. The van der Waals surface area contributed by atoms with Crippen LogP contribution in [0.2, 0.25) is 0 Å². The van der Waals surface area contributed by atoms with Crippen LogP contribution in [0.5, 0.6) is 0 Å². The smallest absolute Gasteiger partial charge is 0.278 e. The van der Waals surface area contributed by atoms with Gasteiger partial charge in [-0.05, 0) is 29.7 Å². The predicted octanol–water partition coefficient (Wildman–Crippen LogP) is 1.90. The quantitative estimate of drug-likeness (QED) is 0.779. The lowest BCUT2D eigenvalue weighted by Gasteiger charge is -2.29. The highest BCUT2D eigenvalue weighted by atomic mass is 32.1. The first-order valence-corrected chi connectivity index (χ1v) is 9.51. The maximum Gasteiger partial charge on any atom is 0.278 e. The summed E-state index contributed by atoms with van der Waals surface area (Å²) in [5.74, 6) is 0.230. The molecule has 4 nitrogen and oxygen atoms in total. The highest BCUT2D eigenvalue weighted by molar-refractivity contribution is 7.18. The maximum absolute atomic E-state index is 12.7. The van der Waals surface area contributed by atoms with Crippen molar-refractivity contribution in [1.82, 2.24) is 9.88 Å². The topological polar surface area (TPSA) is 37.6 Å². The summed E-state index contributed by atoms with van der Waals surface area (Å²) in [6, 6.07) is 16.6. The summed E-state index contributed by atoms with van der Waals surface area (Å²) in [5, 5.41) is 1.09. The van der Waals surface area contributed by atoms with Crippen LogP contribution in [0.25, 0.3) is 10.2 Å². The van der Waals surface area contributed by atoms with Crippen LogP contribution in [0.4, 0.5) is 0 Å². The Hall–Kier alpha value is -2.24. The average molecular weight is 352 g/mol. The normalized spacial score (nSPS) is 15.2. The molecule has 1 amide bonds. The van der Waals surface area contributed by atoms with Crippen LogP contribution in [0.1, 0.15) is 16.1 Å². The van der Waals surface area contributed by atoms with E-state index in [1.165, 1.54) is 20.7 Å². The van der Waals surface area contributed by atoms with Gasteiger partial charge in [-0.1, -0.05) is 36.4 Å². The summed E-state index contributed by atoms with van der Waals surface area (Å²) in [6.45, 7) is 2.86. The summed E-state index contributed by atoms with van der Waals surface area (Å²) in [6.07, 6.45) is 0.957. The van der Waals surface area contributed by atoms with Crippen molar-refractivity contribution < 1.29 is 9.69 Å². The van der Waals surface area contributed by atoms with Crippen molar-refractivity contribution in [2.75, 3.05) is 20.1 Å². The van der Waals surface area contributed by atoms with Gasteiger partial charge in [-0.15, -0.1) is 11.3 Å². The van der Waals surface area contributed by atoms with Gasteiger partial charge in [0.05, 0.1) is 17.3 Å². The predicted molar refractivity (Wildman–Crippen MR) is 101 cm³/mol. The number of amides is 1. The van der Waals surface area contributed by atoms with Crippen LogP contribution in [0.3, 0.4) is 0 Å². The minimum atomic E-state index is 0.230. The number of rotatable bonds is 4. The zero-order chi connectivity index (χ0) is 17.2. The second-order valence-corrected chi connectivity index (χ2v) is 7.84. The third-order valence-electron chi connectivity index (χ3n) is 4.73. The molecule has 1 aliphatic rings. The summed E-state index contributed by atoms with van der Waals surface area (Å²) >= 11 is 1.72. The number of quaternary nitrogens is 1. The van der Waals surface area contributed by atoms with Gasteiger partial charge in [0, 0.05) is 13.1 Å². The molecule has 0 fully saturated rings. The number of hydrogen-bond donors (Lipinski definition) is 1. The number of nitrogens with zero attached hydrogens (tertiary/aromatic N) is 2. The maximum atomic E-state index is 12.7. The van der Waals surface area contributed by atoms with Crippen molar-refractivity contribution in [2.45, 2.75) is 19.5 Å². The van der Waals surface area contributed by atoms with Gasteiger partial charge in [0.2, 0.25) is 0 Å². The Morgan fingerprint density at radius 2 is 1.92 bits per heavy atom. The van der Waals surface area contributed by atoms with E-state index in [0.29, 0.717) is 6.54 Å². The number of likely N-dealkylation sites (N-methyl/N-ethyl adjacent to an activating group) is 1. The fourth-order valence-corrected chi connectivity index (χ4v) is 4.48. The monoisotopic (exact) mass is 352 g/mol. The van der Waals surface area contributed by atoms with Crippen LogP contribution >= 0.6 is 11.3 Å². The lowest BCUT2D eigenvalue weighted by Crippen LogP contribution is -3.08. The Balaban J connectivity index is 1.37. The summed E-state index contributed by atoms with van der Waals surface area (Å²) in [7, 11) is 2.07. The third-order valence-corrected chi connectivity index (χ3v) is 5.76. The van der Waals surface area contributed by atoms with E-state index < -0.39 is 0 Å². The number of carbonyl (C=O) groups is 1. The number of hydrogen-bond acceptors (Lipinski definition) is 3. The molecule has 0 saturated carbocycles. The van der Waals surface area contributed by atoms with Crippen molar-refractivity contribution in [2.24, 2.45) is 0 Å². The third kappa shape index (κ3) is 3.57. The van der Waals surface area contributed by atoms with Crippen LogP contribution < -0.4 is 4.90 Å². The number of para-hydroxylation sites is 1. The summed E-state index contributed by atoms with van der Waals surface area (Å²) in [4.78, 5) is 20.5. The van der Waals surface area contributed by atoms with E-state index >= 15 is 0 Å². The molecule has 0 saturated heterocycles. The van der Waals surface area contributed by atoms with Gasteiger partial charge in [-0.25, -0.2) is 4.98 Å². The van der Waals surface area contributed by atoms with E-state index in [1.807, 2.05) is 23.1 Å². The molecule has 1 aromatic heterocycles. The van der Waals surface area contributed by atoms with E-state index in [0.717, 1.165) is 36.6 Å². The fraction of sp³-hybridized carbons (Fsp3) is 0.300. The number of aromatic nitrogens is 1. The molecule has 5 heteroatoms. The van der Waals surface area contributed by atoms with Gasteiger partial charge < -0.3 is 9.80 Å². The SMILES string of the molecule is C[NH+](CC(=O)N1CCc2ccccc2C1)Cc1nc2ccccc2s1. The van der Waals surface area contributed by atoms with Crippen LogP contribution in [-0.2, 0) is 24.3 Å². The zero-order valence-corrected chi connectivity index (χ0v) is 15.2. The Bertz CT molecular complexity index is 872. The minimum absolute atomic E-state index is 0.230. The number of nitrogens with one attached hydrogen (secondary N) is 1. The van der Waals surface area contributed by atoms with Crippen molar-refractivity contribution in [1.29, 1.82) is 0 Å². The van der Waals surface area contributed by atoms with Gasteiger partial charge in [0.1, 0.15) is 11.6 Å². The molecular formula is C20H22N3OS+. The molecule has 0 aliphatic carbocycles. The van der Waals surface area contributed by atoms with Crippen molar-refractivity contribution in [3.05, 3.63) is 64.7 Å². The molecule has 4 rings (SSSR count). The van der Waals surface area contributed by atoms with E-state index in [2.05, 4.69) is 42.4 Å². The van der Waals surface area contributed by atoms with Crippen LogP contribution in [0.15, 0.2) is 48.5 Å². The minimum Gasteiger partial charge on any atom is -0.333 e. The molecule has 3 aromatic rings. The van der Waals surface area contributed by atoms with Crippen molar-refractivity contribution in [3.8, 4) is 0 Å². The highest BCUT2D eigenvalue weighted by Crippen LogP contribution is 2.21. The Labute approximate surface area is 151 Å². The lowest BCUT2D eigenvalue weighted by atomic mass is 10.00. The first-order valence-electron chi connectivity index (χ1n) is 8.69. The van der Waals surface area contributed by atoms with Crippen molar-refractivity contribution in [3.63, 3.8) is 0 Å². The van der Waals surface area contributed by atoms with Crippen molar-refractivity contribution >= 4 is 27.5 Å². The molecule has 128 valence electrons. The number of carbonyl (C=O) groups excluding carboxylic acids is 1. The number of benzene rings is 2. The Morgan fingerprint density at radius 1 is 1.16 bits per heavy atom. The second kappa shape index (κ2) is 6.94. The average Bonchev–Trinajstić information content (AvgIpc) is 3.03. The molecule has 1 unspecified atom stereocenters. The highest BCUT2D eigenvalue weighted by Gasteiger charge is 2.23. The molecule has 1 N–H and O–H groups in total.